The van der Waals surface area contributed by atoms with Crippen molar-refractivity contribution in [3.63, 3.8) is 0 Å². The van der Waals surface area contributed by atoms with Crippen LogP contribution < -0.4 is 5.73 Å². The van der Waals surface area contributed by atoms with Gasteiger partial charge in [0.1, 0.15) is 0 Å². The van der Waals surface area contributed by atoms with Crippen LogP contribution in [-0.2, 0) is 9.53 Å². The molecule has 0 amide bonds. The summed E-state index contributed by atoms with van der Waals surface area (Å²) in [7, 11) is 1.38. The van der Waals surface area contributed by atoms with E-state index in [9.17, 15) is 4.79 Å². The fourth-order valence-corrected chi connectivity index (χ4v) is 2.25. The van der Waals surface area contributed by atoms with Gasteiger partial charge in [-0.1, -0.05) is 30.1 Å². The van der Waals surface area contributed by atoms with E-state index in [1.54, 1.807) is 18.2 Å². The van der Waals surface area contributed by atoms with Crippen LogP contribution in [0.4, 0.5) is 0 Å². The average molecular weight is 290 g/mol. The summed E-state index contributed by atoms with van der Waals surface area (Å²) in [4.78, 5) is 11.2. The lowest BCUT2D eigenvalue weighted by Gasteiger charge is -2.18. The molecule has 0 aliphatic rings. The predicted octanol–water partition coefficient (Wildman–Crippen LogP) is 3.58. The molecule has 100 valence electrons. The average Bonchev–Trinajstić information content (AvgIpc) is 2.31. The zero-order valence-corrected chi connectivity index (χ0v) is 12.0. The summed E-state index contributed by atoms with van der Waals surface area (Å²) in [6.07, 6.45) is 0.998. The molecule has 0 saturated heterocycles. The highest BCUT2D eigenvalue weighted by Gasteiger charge is 2.17. The van der Waals surface area contributed by atoms with Crippen molar-refractivity contribution in [2.45, 2.75) is 25.8 Å². The standard InChI is InChI=1S/C13H17Cl2NO2/c1-8(6-13(17)18-2)5-12(16)10-7-9(14)3-4-11(10)15/h3-4,7-8,12H,5-6,16H2,1-2H3. The minimum absolute atomic E-state index is 0.127. The first-order valence-corrected chi connectivity index (χ1v) is 6.47. The summed E-state index contributed by atoms with van der Waals surface area (Å²) < 4.78 is 4.62. The number of carbonyl (C=O) groups is 1. The van der Waals surface area contributed by atoms with Crippen LogP contribution in [0.2, 0.25) is 10.0 Å². The maximum Gasteiger partial charge on any atom is 0.305 e. The van der Waals surface area contributed by atoms with Crippen LogP contribution in [0.25, 0.3) is 0 Å². The molecule has 2 unspecified atom stereocenters. The van der Waals surface area contributed by atoms with Crippen molar-refractivity contribution >= 4 is 29.2 Å². The second-order valence-corrected chi connectivity index (χ2v) is 5.24. The Balaban J connectivity index is 2.67. The number of hydrogen-bond acceptors (Lipinski definition) is 3. The summed E-state index contributed by atoms with van der Waals surface area (Å²) in [5, 5.41) is 1.20. The van der Waals surface area contributed by atoms with Gasteiger partial charge in [0.25, 0.3) is 0 Å². The second kappa shape index (κ2) is 6.98. The van der Waals surface area contributed by atoms with Gasteiger partial charge in [0.15, 0.2) is 0 Å². The SMILES string of the molecule is COC(=O)CC(C)CC(N)c1cc(Cl)ccc1Cl. The second-order valence-electron chi connectivity index (χ2n) is 4.39. The van der Waals surface area contributed by atoms with E-state index >= 15 is 0 Å². The zero-order valence-electron chi connectivity index (χ0n) is 10.5. The van der Waals surface area contributed by atoms with E-state index in [1.807, 2.05) is 6.92 Å². The molecule has 2 atom stereocenters. The number of halogens is 2. The predicted molar refractivity (Wildman–Crippen MR) is 73.8 cm³/mol. The molecule has 0 aliphatic heterocycles. The molecule has 0 aromatic heterocycles. The topological polar surface area (TPSA) is 52.3 Å². The number of hydrogen-bond donors (Lipinski definition) is 1. The van der Waals surface area contributed by atoms with Crippen molar-refractivity contribution in [3.8, 4) is 0 Å². The number of nitrogens with two attached hydrogens (primary N) is 1. The van der Waals surface area contributed by atoms with Crippen molar-refractivity contribution in [1.29, 1.82) is 0 Å². The van der Waals surface area contributed by atoms with Crippen LogP contribution in [-0.4, -0.2) is 13.1 Å². The summed E-state index contributed by atoms with van der Waals surface area (Å²) in [5.41, 5.74) is 6.89. The summed E-state index contributed by atoms with van der Waals surface area (Å²) >= 11 is 12.0. The minimum atomic E-state index is -0.240. The Labute approximate surface area is 117 Å². The molecule has 3 nitrogen and oxygen atoms in total. The van der Waals surface area contributed by atoms with E-state index in [4.69, 9.17) is 28.9 Å². The number of benzene rings is 1. The summed E-state index contributed by atoms with van der Waals surface area (Å²) in [5.74, 6) is -0.102. The highest BCUT2D eigenvalue weighted by molar-refractivity contribution is 6.33. The molecule has 1 aromatic rings. The van der Waals surface area contributed by atoms with E-state index in [0.717, 1.165) is 5.56 Å². The van der Waals surface area contributed by atoms with Gasteiger partial charge in [0.05, 0.1) is 7.11 Å². The summed E-state index contributed by atoms with van der Waals surface area (Å²) in [6.45, 7) is 1.95. The molecule has 5 heteroatoms. The largest absolute Gasteiger partial charge is 0.469 e. The van der Waals surface area contributed by atoms with Crippen LogP contribution in [0, 0.1) is 5.92 Å². The van der Waals surface area contributed by atoms with Gasteiger partial charge < -0.3 is 10.5 Å². The first kappa shape index (κ1) is 15.3. The third-order valence-electron chi connectivity index (χ3n) is 2.76. The van der Waals surface area contributed by atoms with Crippen LogP contribution in [0.5, 0.6) is 0 Å². The van der Waals surface area contributed by atoms with E-state index < -0.39 is 0 Å². The number of ether oxygens (including phenoxy) is 1. The Kier molecular flexibility index (Phi) is 5.93. The summed E-state index contributed by atoms with van der Waals surface area (Å²) in [6, 6.07) is 4.97. The van der Waals surface area contributed by atoms with Gasteiger partial charge in [-0.25, -0.2) is 0 Å². The lowest BCUT2D eigenvalue weighted by atomic mass is 9.94. The molecule has 0 bridgehead atoms. The first-order valence-electron chi connectivity index (χ1n) is 5.71. The van der Waals surface area contributed by atoms with Crippen LogP contribution in [0.1, 0.15) is 31.4 Å². The van der Waals surface area contributed by atoms with Crippen molar-refractivity contribution in [3.05, 3.63) is 33.8 Å². The lowest BCUT2D eigenvalue weighted by molar-refractivity contribution is -0.141. The Hall–Kier alpha value is -0.770. The Morgan fingerprint density at radius 1 is 1.44 bits per heavy atom. The Morgan fingerprint density at radius 3 is 2.72 bits per heavy atom. The molecule has 2 N–H and O–H groups in total. The van der Waals surface area contributed by atoms with Gasteiger partial charge >= 0.3 is 5.97 Å². The maximum absolute atomic E-state index is 11.2. The monoisotopic (exact) mass is 289 g/mol. The van der Waals surface area contributed by atoms with Crippen molar-refractivity contribution < 1.29 is 9.53 Å². The van der Waals surface area contributed by atoms with Crippen molar-refractivity contribution in [2.24, 2.45) is 11.7 Å². The number of methoxy groups -OCH3 is 1. The minimum Gasteiger partial charge on any atom is -0.469 e. The van der Waals surface area contributed by atoms with Crippen LogP contribution >= 0.6 is 23.2 Å². The third-order valence-corrected chi connectivity index (χ3v) is 3.34. The van der Waals surface area contributed by atoms with E-state index in [1.165, 1.54) is 7.11 Å². The normalized spacial score (nSPS) is 14.1. The maximum atomic E-state index is 11.2. The fourth-order valence-electron chi connectivity index (χ4n) is 1.81. The molecular weight excluding hydrogens is 273 g/mol. The smallest absolute Gasteiger partial charge is 0.305 e. The van der Waals surface area contributed by atoms with E-state index in [0.29, 0.717) is 22.9 Å². The van der Waals surface area contributed by atoms with Gasteiger partial charge in [0, 0.05) is 22.5 Å². The van der Waals surface area contributed by atoms with E-state index in [-0.39, 0.29) is 17.9 Å². The van der Waals surface area contributed by atoms with Gasteiger partial charge in [-0.3, -0.25) is 4.79 Å². The van der Waals surface area contributed by atoms with Crippen LogP contribution in [0.3, 0.4) is 0 Å². The number of esters is 1. The molecule has 0 aliphatic carbocycles. The first-order chi connectivity index (χ1) is 8.43. The highest BCUT2D eigenvalue weighted by atomic mass is 35.5. The van der Waals surface area contributed by atoms with E-state index in [2.05, 4.69) is 4.74 Å². The highest BCUT2D eigenvalue weighted by Crippen LogP contribution is 2.29. The van der Waals surface area contributed by atoms with Crippen molar-refractivity contribution in [2.75, 3.05) is 7.11 Å². The molecule has 0 saturated carbocycles. The Bertz CT molecular complexity index is 423. The quantitative estimate of drug-likeness (QED) is 0.843. The van der Waals surface area contributed by atoms with Gasteiger partial charge in [-0.2, -0.15) is 0 Å². The zero-order chi connectivity index (χ0) is 13.7. The molecule has 0 radical (unpaired) electrons. The molecule has 0 fully saturated rings. The fraction of sp³-hybridized carbons (Fsp3) is 0.462. The molecular formula is C13H17Cl2NO2. The van der Waals surface area contributed by atoms with Gasteiger partial charge in [-0.15, -0.1) is 0 Å². The van der Waals surface area contributed by atoms with Gasteiger partial charge in [0.2, 0.25) is 0 Å². The molecule has 1 aromatic carbocycles. The molecule has 0 spiro atoms. The Morgan fingerprint density at radius 2 is 2.11 bits per heavy atom. The molecule has 18 heavy (non-hydrogen) atoms. The number of rotatable bonds is 5. The lowest BCUT2D eigenvalue weighted by Crippen LogP contribution is -2.17. The molecule has 0 heterocycles. The third kappa shape index (κ3) is 4.48. The van der Waals surface area contributed by atoms with Crippen molar-refractivity contribution in [1.82, 2.24) is 0 Å². The van der Waals surface area contributed by atoms with Crippen LogP contribution in [0.15, 0.2) is 18.2 Å². The molecule has 1 rings (SSSR count). The number of carbonyl (C=O) groups excluding carboxylic acids is 1. The van der Waals surface area contributed by atoms with Gasteiger partial charge in [-0.05, 0) is 36.1 Å².